The highest BCUT2D eigenvalue weighted by molar-refractivity contribution is 7.09. The number of carbonyl (C=O) groups excluding carboxylic acids is 1. The van der Waals surface area contributed by atoms with Gasteiger partial charge in [-0.2, -0.15) is 0 Å². The molecule has 6 nitrogen and oxygen atoms in total. The molecule has 2 aromatic heterocycles. The summed E-state index contributed by atoms with van der Waals surface area (Å²) in [6.45, 7) is 2.23. The summed E-state index contributed by atoms with van der Waals surface area (Å²) in [5.41, 5.74) is 2.85. The van der Waals surface area contributed by atoms with Crippen LogP contribution in [0.3, 0.4) is 0 Å². The van der Waals surface area contributed by atoms with Crippen molar-refractivity contribution in [3.63, 3.8) is 0 Å². The number of carboxylic acids is 1. The second-order valence-electron chi connectivity index (χ2n) is 3.87. The van der Waals surface area contributed by atoms with Gasteiger partial charge in [0.05, 0.1) is 29.6 Å². The molecule has 7 heteroatoms. The minimum absolute atomic E-state index is 0.158. The minimum atomic E-state index is -1.04. The third-order valence-electron chi connectivity index (χ3n) is 2.56. The van der Waals surface area contributed by atoms with Crippen LogP contribution in [-0.2, 0) is 17.8 Å². The van der Waals surface area contributed by atoms with Gasteiger partial charge in [0.25, 0.3) is 5.91 Å². The predicted molar refractivity (Wildman–Crippen MR) is 68.1 cm³/mol. The van der Waals surface area contributed by atoms with E-state index in [0.717, 1.165) is 10.6 Å². The van der Waals surface area contributed by atoms with Crippen molar-refractivity contribution >= 4 is 23.2 Å². The van der Waals surface area contributed by atoms with E-state index in [4.69, 9.17) is 9.52 Å². The Kier molecular flexibility index (Phi) is 3.96. The molecule has 0 radical (unpaired) electrons. The Morgan fingerprint density at radius 2 is 2.32 bits per heavy atom. The first-order valence-corrected chi connectivity index (χ1v) is 6.41. The van der Waals surface area contributed by atoms with E-state index in [0.29, 0.717) is 6.54 Å². The number of aromatic nitrogens is 1. The van der Waals surface area contributed by atoms with Crippen LogP contribution in [0.1, 0.15) is 26.7 Å². The molecular weight excluding hydrogens is 268 g/mol. The van der Waals surface area contributed by atoms with E-state index in [2.05, 4.69) is 10.3 Å². The van der Waals surface area contributed by atoms with Crippen molar-refractivity contribution in [3.05, 3.63) is 39.7 Å². The van der Waals surface area contributed by atoms with Gasteiger partial charge in [-0.05, 0) is 13.0 Å². The van der Waals surface area contributed by atoms with Gasteiger partial charge in [0, 0.05) is 4.88 Å². The fraction of sp³-hybridized carbons (Fsp3) is 0.250. The van der Waals surface area contributed by atoms with Crippen LogP contribution in [0.5, 0.6) is 0 Å². The topological polar surface area (TPSA) is 92.4 Å². The number of rotatable bonds is 5. The molecule has 0 spiro atoms. The predicted octanol–water partition coefficient (Wildman–Crippen LogP) is 1.60. The van der Waals surface area contributed by atoms with Crippen molar-refractivity contribution in [1.82, 2.24) is 10.3 Å². The molecule has 0 aromatic carbocycles. The van der Waals surface area contributed by atoms with E-state index in [1.165, 1.54) is 23.7 Å². The lowest BCUT2D eigenvalue weighted by Gasteiger charge is -2.03. The maximum Gasteiger partial charge on any atom is 0.311 e. The zero-order valence-corrected chi connectivity index (χ0v) is 11.0. The monoisotopic (exact) mass is 280 g/mol. The molecule has 0 aliphatic rings. The molecular formula is C12H12N2O4S. The average molecular weight is 280 g/mol. The first kappa shape index (κ1) is 13.3. The van der Waals surface area contributed by atoms with Gasteiger partial charge >= 0.3 is 5.97 Å². The quantitative estimate of drug-likeness (QED) is 0.867. The third-order valence-corrected chi connectivity index (χ3v) is 3.49. The van der Waals surface area contributed by atoms with Crippen LogP contribution in [-0.4, -0.2) is 22.0 Å². The second-order valence-corrected chi connectivity index (χ2v) is 4.81. The van der Waals surface area contributed by atoms with E-state index in [1.54, 1.807) is 5.51 Å². The van der Waals surface area contributed by atoms with E-state index in [9.17, 15) is 9.59 Å². The van der Waals surface area contributed by atoms with Gasteiger partial charge in [-0.1, -0.05) is 0 Å². The van der Waals surface area contributed by atoms with E-state index in [-0.39, 0.29) is 23.7 Å². The summed E-state index contributed by atoms with van der Waals surface area (Å²) in [7, 11) is 0. The minimum Gasteiger partial charge on any atom is -0.481 e. The molecule has 2 aromatic rings. The molecule has 0 unspecified atom stereocenters. The summed E-state index contributed by atoms with van der Waals surface area (Å²) < 4.78 is 5.01. The Labute approximate surface area is 113 Å². The number of aryl methyl sites for hydroxylation is 1. The molecule has 0 atom stereocenters. The molecule has 19 heavy (non-hydrogen) atoms. The zero-order valence-electron chi connectivity index (χ0n) is 10.2. The highest BCUT2D eigenvalue weighted by Crippen LogP contribution is 2.14. The summed E-state index contributed by atoms with van der Waals surface area (Å²) in [6, 6.07) is 1.47. The standard InChI is InChI=1S/C12H12N2O4S/c1-7-10(19-6-14-7)5-13-12(17)8-2-3-18-9(8)4-11(15)16/h2-3,6H,4-5H2,1H3,(H,13,17)(H,15,16). The molecule has 2 heterocycles. The number of carbonyl (C=O) groups is 2. The summed E-state index contributed by atoms with van der Waals surface area (Å²) >= 11 is 1.46. The van der Waals surface area contributed by atoms with Gasteiger partial charge in [0.2, 0.25) is 0 Å². The Morgan fingerprint density at radius 1 is 1.53 bits per heavy atom. The summed E-state index contributed by atoms with van der Waals surface area (Å²) in [6.07, 6.45) is 1.00. The fourth-order valence-corrected chi connectivity index (χ4v) is 2.29. The van der Waals surface area contributed by atoms with Crippen LogP contribution < -0.4 is 5.32 Å². The van der Waals surface area contributed by atoms with Crippen LogP contribution in [0.2, 0.25) is 0 Å². The molecule has 0 saturated carbocycles. The van der Waals surface area contributed by atoms with E-state index < -0.39 is 5.97 Å². The van der Waals surface area contributed by atoms with E-state index in [1.807, 2.05) is 6.92 Å². The number of amides is 1. The lowest BCUT2D eigenvalue weighted by molar-refractivity contribution is -0.136. The lowest BCUT2D eigenvalue weighted by Crippen LogP contribution is -2.23. The van der Waals surface area contributed by atoms with Crippen molar-refractivity contribution in [1.29, 1.82) is 0 Å². The van der Waals surface area contributed by atoms with Crippen molar-refractivity contribution in [3.8, 4) is 0 Å². The smallest absolute Gasteiger partial charge is 0.311 e. The highest BCUT2D eigenvalue weighted by atomic mass is 32.1. The summed E-state index contributed by atoms with van der Waals surface area (Å²) in [5.74, 6) is -1.23. The van der Waals surface area contributed by atoms with Crippen molar-refractivity contribution in [2.45, 2.75) is 19.9 Å². The van der Waals surface area contributed by atoms with Gasteiger partial charge in [0.1, 0.15) is 12.2 Å². The van der Waals surface area contributed by atoms with Crippen molar-refractivity contribution in [2.75, 3.05) is 0 Å². The largest absolute Gasteiger partial charge is 0.481 e. The van der Waals surface area contributed by atoms with Crippen LogP contribution in [0.25, 0.3) is 0 Å². The lowest BCUT2D eigenvalue weighted by atomic mass is 10.2. The number of furan rings is 1. The van der Waals surface area contributed by atoms with Gasteiger partial charge < -0.3 is 14.8 Å². The maximum atomic E-state index is 11.9. The SMILES string of the molecule is Cc1ncsc1CNC(=O)c1ccoc1CC(=O)O. The molecule has 1 amide bonds. The Morgan fingerprint density at radius 3 is 2.95 bits per heavy atom. The maximum absolute atomic E-state index is 11.9. The zero-order chi connectivity index (χ0) is 13.8. The Balaban J connectivity index is 2.02. The average Bonchev–Trinajstić information content (AvgIpc) is 2.95. The molecule has 0 fully saturated rings. The molecule has 0 aliphatic heterocycles. The van der Waals surface area contributed by atoms with Crippen molar-refractivity contribution < 1.29 is 19.1 Å². The van der Waals surface area contributed by atoms with Gasteiger partial charge in [-0.15, -0.1) is 11.3 Å². The van der Waals surface area contributed by atoms with E-state index >= 15 is 0 Å². The molecule has 0 bridgehead atoms. The summed E-state index contributed by atoms with van der Waals surface area (Å²) in [4.78, 5) is 27.6. The normalized spacial score (nSPS) is 10.4. The summed E-state index contributed by atoms with van der Waals surface area (Å²) in [5, 5.41) is 11.4. The number of carboxylic acid groups (broad SMARTS) is 1. The highest BCUT2D eigenvalue weighted by Gasteiger charge is 2.17. The van der Waals surface area contributed by atoms with Crippen LogP contribution in [0, 0.1) is 6.92 Å². The Hall–Kier alpha value is -2.15. The van der Waals surface area contributed by atoms with Crippen molar-refractivity contribution in [2.24, 2.45) is 0 Å². The molecule has 0 saturated heterocycles. The van der Waals surface area contributed by atoms with Crippen LogP contribution in [0.4, 0.5) is 0 Å². The van der Waals surface area contributed by atoms with Gasteiger partial charge in [0.15, 0.2) is 0 Å². The molecule has 0 aliphatic carbocycles. The number of nitrogens with one attached hydrogen (secondary N) is 1. The molecule has 100 valence electrons. The van der Waals surface area contributed by atoms with Crippen LogP contribution >= 0.6 is 11.3 Å². The number of hydrogen-bond acceptors (Lipinski definition) is 5. The number of thiazole rings is 1. The fourth-order valence-electron chi connectivity index (χ4n) is 1.57. The number of nitrogens with zero attached hydrogens (tertiary/aromatic N) is 1. The molecule has 2 N–H and O–H groups in total. The number of aliphatic carboxylic acids is 1. The first-order valence-electron chi connectivity index (χ1n) is 5.53. The Bertz CT molecular complexity index is 602. The molecule has 2 rings (SSSR count). The van der Waals surface area contributed by atoms with Gasteiger partial charge in [-0.25, -0.2) is 4.98 Å². The van der Waals surface area contributed by atoms with Gasteiger partial charge in [-0.3, -0.25) is 9.59 Å². The number of hydrogen-bond donors (Lipinski definition) is 2. The third kappa shape index (κ3) is 3.19. The van der Waals surface area contributed by atoms with Crippen LogP contribution in [0.15, 0.2) is 22.3 Å². The first-order chi connectivity index (χ1) is 9.08. The second kappa shape index (κ2) is 5.66.